The molecule has 1 aromatic carbocycles. The Labute approximate surface area is 206 Å². The van der Waals surface area contributed by atoms with Gasteiger partial charge < -0.3 is 15.5 Å². The fraction of sp³-hybridized carbons (Fsp3) is 0.407. The highest BCUT2D eigenvalue weighted by Crippen LogP contribution is 2.37. The van der Waals surface area contributed by atoms with Crippen molar-refractivity contribution in [2.24, 2.45) is 11.7 Å². The molecular weight excluding hydrogens is 462 g/mol. The number of nitrogens with two attached hydrogens (primary N) is 1. The van der Waals surface area contributed by atoms with Crippen molar-refractivity contribution in [3.63, 3.8) is 0 Å². The monoisotopic (exact) mass is 493 g/mol. The lowest BCUT2D eigenvalue weighted by Crippen LogP contribution is -2.19. The third-order valence-electron chi connectivity index (χ3n) is 7.05. The van der Waals surface area contributed by atoms with Crippen LogP contribution >= 0.6 is 0 Å². The summed E-state index contributed by atoms with van der Waals surface area (Å²) in [6.07, 6.45) is 6.39. The van der Waals surface area contributed by atoms with E-state index in [1.165, 1.54) is 0 Å². The molecule has 184 valence electrons. The van der Waals surface area contributed by atoms with Gasteiger partial charge in [0.25, 0.3) is 0 Å². The average Bonchev–Trinajstić information content (AvgIpc) is 3.62. The second kappa shape index (κ2) is 9.95. The van der Waals surface area contributed by atoms with Crippen LogP contribution in [0, 0.1) is 5.92 Å². The van der Waals surface area contributed by atoms with Crippen molar-refractivity contribution in [3.8, 4) is 11.4 Å². The molecule has 3 N–H and O–H groups in total. The second-order valence-electron chi connectivity index (χ2n) is 9.68. The van der Waals surface area contributed by atoms with Crippen molar-refractivity contribution in [1.82, 2.24) is 9.97 Å². The van der Waals surface area contributed by atoms with E-state index in [-0.39, 0.29) is 23.5 Å². The molecule has 5 rings (SSSR count). The Balaban J connectivity index is 1.41. The molecule has 3 aromatic rings. The molecule has 1 unspecified atom stereocenters. The van der Waals surface area contributed by atoms with Crippen LogP contribution in [0.2, 0.25) is 0 Å². The van der Waals surface area contributed by atoms with E-state index >= 15 is 0 Å². The Bertz CT molecular complexity index is 1270. The molecule has 7 nitrogen and oxygen atoms in total. The molecule has 0 radical (unpaired) electrons. The number of sulfone groups is 1. The summed E-state index contributed by atoms with van der Waals surface area (Å²) in [6.45, 7) is 1.57. The van der Waals surface area contributed by atoms with Gasteiger partial charge in [0.15, 0.2) is 9.84 Å². The summed E-state index contributed by atoms with van der Waals surface area (Å²) in [7, 11) is -3.20. The number of H-pyrrole nitrogens is 1. The first-order valence-corrected chi connectivity index (χ1v) is 13.8. The minimum atomic E-state index is -3.20. The van der Waals surface area contributed by atoms with Crippen LogP contribution < -0.4 is 5.73 Å². The predicted octanol–water partition coefficient (Wildman–Crippen LogP) is 3.99. The van der Waals surface area contributed by atoms with Gasteiger partial charge in [0, 0.05) is 31.0 Å². The van der Waals surface area contributed by atoms with Gasteiger partial charge in [-0.25, -0.2) is 8.42 Å². The molecule has 35 heavy (non-hydrogen) atoms. The third kappa shape index (κ3) is 5.49. The molecule has 1 amide bonds. The van der Waals surface area contributed by atoms with Crippen molar-refractivity contribution in [2.45, 2.75) is 54.6 Å². The number of carbonyl (C=O) groups is 1. The van der Waals surface area contributed by atoms with Crippen molar-refractivity contribution >= 4 is 15.7 Å². The Morgan fingerprint density at radius 1 is 1.03 bits per heavy atom. The zero-order chi connectivity index (χ0) is 24.4. The van der Waals surface area contributed by atoms with Crippen LogP contribution in [0.3, 0.4) is 0 Å². The molecule has 1 atom stereocenters. The number of hydrogen-bond acceptors (Lipinski definition) is 5. The van der Waals surface area contributed by atoms with Crippen LogP contribution in [0.25, 0.3) is 11.4 Å². The minimum absolute atomic E-state index is 0.110. The van der Waals surface area contributed by atoms with E-state index in [1.54, 1.807) is 18.3 Å². The normalized spacial score (nSPS) is 17.8. The van der Waals surface area contributed by atoms with Crippen LogP contribution in [-0.4, -0.2) is 42.8 Å². The lowest BCUT2D eigenvalue weighted by molar-refractivity contribution is -0.117. The minimum Gasteiger partial charge on any atom is -0.381 e. The summed E-state index contributed by atoms with van der Waals surface area (Å²) >= 11 is 0. The van der Waals surface area contributed by atoms with E-state index < -0.39 is 9.84 Å². The van der Waals surface area contributed by atoms with E-state index in [1.807, 2.05) is 30.3 Å². The van der Waals surface area contributed by atoms with Crippen molar-refractivity contribution in [1.29, 1.82) is 0 Å². The number of amides is 1. The van der Waals surface area contributed by atoms with Crippen LogP contribution in [0.5, 0.6) is 0 Å². The number of rotatable bonds is 9. The summed E-state index contributed by atoms with van der Waals surface area (Å²) in [5.41, 5.74) is 9.93. The average molecular weight is 494 g/mol. The number of hydrogen-bond donors (Lipinski definition) is 2. The van der Waals surface area contributed by atoms with E-state index in [9.17, 15) is 13.2 Å². The van der Waals surface area contributed by atoms with Crippen LogP contribution in [0.15, 0.2) is 59.6 Å². The summed E-state index contributed by atoms with van der Waals surface area (Å²) in [5.74, 6) is 0.272. The summed E-state index contributed by atoms with van der Waals surface area (Å²) in [6, 6.07) is 15.3. The molecule has 1 saturated heterocycles. The lowest BCUT2D eigenvalue weighted by atomic mass is 9.83. The van der Waals surface area contributed by atoms with Gasteiger partial charge in [0.2, 0.25) is 5.91 Å². The maximum absolute atomic E-state index is 12.7. The molecule has 1 saturated carbocycles. The van der Waals surface area contributed by atoms with E-state index in [0.29, 0.717) is 10.8 Å². The van der Waals surface area contributed by atoms with Gasteiger partial charge in [-0.1, -0.05) is 18.2 Å². The standard InChI is InChI=1S/C27H31N3O4S/c28-27(31)16-19-1-8-25(29-17-19)26-10-9-24(30-26)23(15-18-11-13-34-14-12-18)20-2-4-21(5-3-20)35(32,33)22-6-7-22/h1-5,8-10,17-18,22-23,30H,6-7,11-16H2,(H2,28,31). The molecule has 1 aliphatic carbocycles. The fourth-order valence-corrected chi connectivity index (χ4v) is 6.53. The Kier molecular flexibility index (Phi) is 6.75. The molecule has 1 aliphatic heterocycles. The number of pyridine rings is 1. The van der Waals surface area contributed by atoms with E-state index in [0.717, 1.165) is 73.5 Å². The first-order valence-electron chi connectivity index (χ1n) is 12.2. The first kappa shape index (κ1) is 23.8. The lowest BCUT2D eigenvalue weighted by Gasteiger charge is -2.27. The van der Waals surface area contributed by atoms with Gasteiger partial charge in [0.05, 0.1) is 28.0 Å². The zero-order valence-corrected chi connectivity index (χ0v) is 20.5. The Morgan fingerprint density at radius 3 is 2.40 bits per heavy atom. The topological polar surface area (TPSA) is 115 Å². The van der Waals surface area contributed by atoms with Gasteiger partial charge in [0.1, 0.15) is 0 Å². The summed E-state index contributed by atoms with van der Waals surface area (Å²) in [4.78, 5) is 19.6. The zero-order valence-electron chi connectivity index (χ0n) is 19.7. The molecule has 3 heterocycles. The van der Waals surface area contributed by atoms with Crippen molar-refractivity contribution in [3.05, 3.63) is 71.5 Å². The number of benzene rings is 1. The quantitative estimate of drug-likeness (QED) is 0.468. The third-order valence-corrected chi connectivity index (χ3v) is 9.33. The summed E-state index contributed by atoms with van der Waals surface area (Å²) < 4.78 is 30.9. The fourth-order valence-electron chi connectivity index (χ4n) is 4.87. The maximum atomic E-state index is 12.7. The van der Waals surface area contributed by atoms with Gasteiger partial charge in [-0.3, -0.25) is 9.78 Å². The van der Waals surface area contributed by atoms with Crippen LogP contribution in [-0.2, 0) is 25.8 Å². The number of primary amides is 1. The molecule has 2 fully saturated rings. The Morgan fingerprint density at radius 2 is 1.77 bits per heavy atom. The predicted molar refractivity (Wildman–Crippen MR) is 134 cm³/mol. The smallest absolute Gasteiger partial charge is 0.221 e. The van der Waals surface area contributed by atoms with Crippen LogP contribution in [0.1, 0.15) is 54.8 Å². The second-order valence-corrected chi connectivity index (χ2v) is 11.9. The molecule has 2 aliphatic rings. The van der Waals surface area contributed by atoms with Gasteiger partial charge in [-0.2, -0.15) is 0 Å². The number of nitrogens with one attached hydrogen (secondary N) is 1. The number of aromatic amines is 1. The SMILES string of the molecule is NC(=O)Cc1ccc(-c2ccc(C(CC3CCOCC3)c3ccc(S(=O)(=O)C4CC4)cc3)[nH]2)nc1. The highest BCUT2D eigenvalue weighted by atomic mass is 32.2. The largest absolute Gasteiger partial charge is 0.381 e. The molecule has 8 heteroatoms. The van der Waals surface area contributed by atoms with Crippen molar-refractivity contribution < 1.29 is 17.9 Å². The maximum Gasteiger partial charge on any atom is 0.221 e. The Hall–Kier alpha value is -2.97. The molecular formula is C27H31N3O4S. The van der Waals surface area contributed by atoms with Gasteiger partial charge >= 0.3 is 0 Å². The summed E-state index contributed by atoms with van der Waals surface area (Å²) in [5, 5.41) is -0.209. The first-order chi connectivity index (χ1) is 16.9. The number of carbonyl (C=O) groups excluding carboxylic acids is 1. The number of nitrogens with zero attached hydrogens (tertiary/aromatic N) is 1. The van der Waals surface area contributed by atoms with Crippen LogP contribution in [0.4, 0.5) is 0 Å². The molecule has 2 aromatic heterocycles. The van der Waals surface area contributed by atoms with Gasteiger partial charge in [-0.05, 0) is 79.5 Å². The van der Waals surface area contributed by atoms with Gasteiger partial charge in [-0.15, -0.1) is 0 Å². The highest BCUT2D eigenvalue weighted by Gasteiger charge is 2.37. The molecule has 0 spiro atoms. The van der Waals surface area contributed by atoms with Crippen molar-refractivity contribution in [2.75, 3.05) is 13.2 Å². The van der Waals surface area contributed by atoms with E-state index in [2.05, 4.69) is 16.0 Å². The number of aromatic nitrogens is 2. The molecule has 0 bridgehead atoms. The highest BCUT2D eigenvalue weighted by molar-refractivity contribution is 7.92. The van der Waals surface area contributed by atoms with E-state index in [4.69, 9.17) is 10.5 Å². The number of ether oxygens (including phenoxy) is 1.